The van der Waals surface area contributed by atoms with Gasteiger partial charge in [0.15, 0.2) is 10.6 Å². The lowest BCUT2D eigenvalue weighted by Gasteiger charge is -2.38. The molecule has 23 heavy (non-hydrogen) atoms. The molecule has 1 N–H and O–H groups in total. The SMILES string of the molecule is Cn1c(CO)nn(CN2CCCC(N3CCCCCC3)C2)c1=S. The van der Waals surface area contributed by atoms with Crippen molar-refractivity contribution in [3.8, 4) is 0 Å². The average Bonchev–Trinajstić information content (AvgIpc) is 2.79. The van der Waals surface area contributed by atoms with Gasteiger partial charge in [0, 0.05) is 26.2 Å². The Kier molecular flexibility index (Phi) is 5.85. The van der Waals surface area contributed by atoms with Crippen LogP contribution < -0.4 is 0 Å². The van der Waals surface area contributed by atoms with E-state index < -0.39 is 0 Å². The summed E-state index contributed by atoms with van der Waals surface area (Å²) in [5.41, 5.74) is 0. The first-order valence-corrected chi connectivity index (χ1v) is 9.30. The van der Waals surface area contributed by atoms with Gasteiger partial charge in [0.05, 0.1) is 6.67 Å². The highest BCUT2D eigenvalue weighted by atomic mass is 32.1. The van der Waals surface area contributed by atoms with Crippen LogP contribution in [-0.2, 0) is 20.3 Å². The first-order valence-electron chi connectivity index (χ1n) is 8.89. The maximum Gasteiger partial charge on any atom is 0.198 e. The summed E-state index contributed by atoms with van der Waals surface area (Å²) in [6.45, 7) is 5.40. The number of hydrogen-bond acceptors (Lipinski definition) is 5. The molecular formula is C16H29N5OS. The molecule has 3 heterocycles. The Morgan fingerprint density at radius 2 is 1.87 bits per heavy atom. The van der Waals surface area contributed by atoms with Gasteiger partial charge in [0.25, 0.3) is 0 Å². The summed E-state index contributed by atoms with van der Waals surface area (Å²) < 4.78 is 4.34. The Morgan fingerprint density at radius 3 is 2.52 bits per heavy atom. The Labute approximate surface area is 143 Å². The molecule has 130 valence electrons. The topological polar surface area (TPSA) is 49.5 Å². The molecule has 2 aliphatic heterocycles. The summed E-state index contributed by atoms with van der Waals surface area (Å²) in [6.07, 6.45) is 8.03. The van der Waals surface area contributed by atoms with E-state index in [9.17, 15) is 5.11 Å². The molecule has 1 atom stereocenters. The highest BCUT2D eigenvalue weighted by Crippen LogP contribution is 2.20. The second kappa shape index (κ2) is 7.88. The third-order valence-electron chi connectivity index (χ3n) is 5.24. The zero-order valence-corrected chi connectivity index (χ0v) is 15.0. The van der Waals surface area contributed by atoms with E-state index in [4.69, 9.17) is 12.2 Å². The van der Waals surface area contributed by atoms with Crippen molar-refractivity contribution in [2.45, 2.75) is 57.8 Å². The Hall–Kier alpha value is -0.760. The second-order valence-corrected chi connectivity index (χ2v) is 7.25. The number of aliphatic hydroxyl groups is 1. The van der Waals surface area contributed by atoms with Crippen molar-refractivity contribution in [3.05, 3.63) is 10.6 Å². The highest BCUT2D eigenvalue weighted by Gasteiger charge is 2.26. The van der Waals surface area contributed by atoms with Crippen LogP contribution in [0.3, 0.4) is 0 Å². The van der Waals surface area contributed by atoms with E-state index in [1.807, 2.05) is 11.7 Å². The fourth-order valence-electron chi connectivity index (χ4n) is 3.87. The lowest BCUT2D eigenvalue weighted by atomic mass is 10.0. The number of piperidine rings is 1. The number of nitrogens with zero attached hydrogens (tertiary/aromatic N) is 5. The van der Waals surface area contributed by atoms with Gasteiger partial charge in [-0.25, -0.2) is 4.68 Å². The van der Waals surface area contributed by atoms with Gasteiger partial charge < -0.3 is 9.67 Å². The number of aromatic nitrogens is 3. The van der Waals surface area contributed by atoms with Gasteiger partial charge in [0.1, 0.15) is 6.61 Å². The molecule has 0 spiro atoms. The van der Waals surface area contributed by atoms with Crippen molar-refractivity contribution in [2.75, 3.05) is 26.2 Å². The van der Waals surface area contributed by atoms with Crippen LogP contribution >= 0.6 is 12.2 Å². The Balaban J connectivity index is 1.63. The fourth-order valence-corrected chi connectivity index (χ4v) is 4.07. The monoisotopic (exact) mass is 339 g/mol. The smallest absolute Gasteiger partial charge is 0.198 e. The zero-order valence-electron chi connectivity index (χ0n) is 14.2. The van der Waals surface area contributed by atoms with Crippen molar-refractivity contribution in [1.29, 1.82) is 0 Å². The first kappa shape index (κ1) is 17.1. The van der Waals surface area contributed by atoms with E-state index in [-0.39, 0.29) is 6.61 Å². The molecule has 0 aliphatic carbocycles. The lowest BCUT2D eigenvalue weighted by Crippen LogP contribution is -2.48. The maximum atomic E-state index is 9.34. The van der Waals surface area contributed by atoms with Crippen molar-refractivity contribution in [3.63, 3.8) is 0 Å². The molecule has 1 aromatic heterocycles. The number of rotatable bonds is 4. The van der Waals surface area contributed by atoms with Crippen molar-refractivity contribution in [2.24, 2.45) is 7.05 Å². The third-order valence-corrected chi connectivity index (χ3v) is 5.73. The predicted octanol–water partition coefficient (Wildman–Crippen LogP) is 1.74. The van der Waals surface area contributed by atoms with Crippen molar-refractivity contribution in [1.82, 2.24) is 24.1 Å². The molecule has 3 rings (SSSR count). The molecule has 2 saturated heterocycles. The number of likely N-dealkylation sites (tertiary alicyclic amines) is 2. The summed E-state index contributed by atoms with van der Waals surface area (Å²) in [4.78, 5) is 5.17. The fraction of sp³-hybridized carbons (Fsp3) is 0.875. The van der Waals surface area contributed by atoms with Gasteiger partial charge in [-0.2, -0.15) is 5.10 Å². The van der Waals surface area contributed by atoms with Crippen LogP contribution in [0.25, 0.3) is 0 Å². The molecule has 1 aromatic rings. The summed E-state index contributed by atoms with van der Waals surface area (Å²) >= 11 is 5.44. The third kappa shape index (κ3) is 4.02. The highest BCUT2D eigenvalue weighted by molar-refractivity contribution is 7.71. The molecule has 1 unspecified atom stereocenters. The van der Waals surface area contributed by atoms with Gasteiger partial charge in [-0.3, -0.25) is 9.80 Å². The molecule has 2 fully saturated rings. The maximum absolute atomic E-state index is 9.34. The summed E-state index contributed by atoms with van der Waals surface area (Å²) in [5.74, 6) is 0.635. The minimum absolute atomic E-state index is 0.0659. The zero-order chi connectivity index (χ0) is 16.2. The lowest BCUT2D eigenvalue weighted by molar-refractivity contribution is 0.0773. The van der Waals surface area contributed by atoms with E-state index in [1.54, 1.807) is 4.57 Å². The molecule has 0 aromatic carbocycles. The van der Waals surface area contributed by atoms with Crippen LogP contribution in [0.1, 0.15) is 44.3 Å². The van der Waals surface area contributed by atoms with Gasteiger partial charge in [-0.1, -0.05) is 12.8 Å². The molecule has 6 nitrogen and oxygen atoms in total. The van der Waals surface area contributed by atoms with Crippen LogP contribution in [0, 0.1) is 4.77 Å². The van der Waals surface area contributed by atoms with Crippen LogP contribution in [0.15, 0.2) is 0 Å². The van der Waals surface area contributed by atoms with Crippen LogP contribution in [0.2, 0.25) is 0 Å². The van der Waals surface area contributed by atoms with Gasteiger partial charge in [0.2, 0.25) is 0 Å². The van der Waals surface area contributed by atoms with Crippen LogP contribution in [-0.4, -0.2) is 61.5 Å². The van der Waals surface area contributed by atoms with E-state index in [0.717, 1.165) is 19.8 Å². The van der Waals surface area contributed by atoms with E-state index in [0.29, 0.717) is 16.6 Å². The minimum Gasteiger partial charge on any atom is -0.388 e. The summed E-state index contributed by atoms with van der Waals surface area (Å²) in [5, 5.41) is 13.8. The Morgan fingerprint density at radius 1 is 1.13 bits per heavy atom. The first-order chi connectivity index (χ1) is 11.2. The van der Waals surface area contributed by atoms with E-state index >= 15 is 0 Å². The molecule has 0 saturated carbocycles. The molecule has 0 amide bonds. The van der Waals surface area contributed by atoms with E-state index in [1.165, 1.54) is 51.6 Å². The predicted molar refractivity (Wildman–Crippen MR) is 92.6 cm³/mol. The second-order valence-electron chi connectivity index (χ2n) is 6.88. The number of hydrogen-bond donors (Lipinski definition) is 1. The standard InChI is InChI=1S/C16H29N5OS/c1-18-15(12-22)17-21(16(18)23)13-19-8-6-7-14(11-19)20-9-4-2-3-5-10-20/h14,22H,2-13H2,1H3. The van der Waals surface area contributed by atoms with Gasteiger partial charge in [-0.15, -0.1) is 0 Å². The van der Waals surface area contributed by atoms with E-state index in [2.05, 4.69) is 14.9 Å². The molecular weight excluding hydrogens is 310 g/mol. The molecule has 7 heteroatoms. The molecule has 0 radical (unpaired) electrons. The normalized spacial score (nSPS) is 24.7. The van der Waals surface area contributed by atoms with Gasteiger partial charge >= 0.3 is 0 Å². The van der Waals surface area contributed by atoms with Crippen molar-refractivity contribution >= 4 is 12.2 Å². The van der Waals surface area contributed by atoms with Gasteiger partial charge in [-0.05, 0) is 51.0 Å². The summed E-state index contributed by atoms with van der Waals surface area (Å²) in [7, 11) is 1.87. The quantitative estimate of drug-likeness (QED) is 0.847. The van der Waals surface area contributed by atoms with Crippen molar-refractivity contribution < 1.29 is 5.11 Å². The van der Waals surface area contributed by atoms with Crippen LogP contribution in [0.4, 0.5) is 0 Å². The van der Waals surface area contributed by atoms with Crippen LogP contribution in [0.5, 0.6) is 0 Å². The summed E-state index contributed by atoms with van der Waals surface area (Å²) in [6, 6.07) is 0.678. The average molecular weight is 340 g/mol. The number of aliphatic hydroxyl groups excluding tert-OH is 1. The largest absolute Gasteiger partial charge is 0.388 e. The molecule has 0 bridgehead atoms. The molecule has 2 aliphatic rings. The Bertz CT molecular complexity index is 561. The minimum atomic E-state index is -0.0659.